The number of nitrogens with two attached hydrogens (primary N) is 1. The van der Waals surface area contributed by atoms with E-state index in [2.05, 4.69) is 4.99 Å². The van der Waals surface area contributed by atoms with Crippen molar-refractivity contribution in [2.24, 2.45) is 10.7 Å². The zero-order valence-electron chi connectivity index (χ0n) is 7.61. The van der Waals surface area contributed by atoms with Gasteiger partial charge in [0.25, 0.3) is 0 Å². The lowest BCUT2D eigenvalue weighted by molar-refractivity contribution is 0.233. The normalized spacial score (nSPS) is 20.4. The molecule has 14 heavy (non-hydrogen) atoms. The highest BCUT2D eigenvalue weighted by Gasteiger charge is 2.18. The Morgan fingerprint density at radius 3 is 2.71 bits per heavy atom. The van der Waals surface area contributed by atoms with Crippen LogP contribution < -0.4 is 5.73 Å². The van der Waals surface area contributed by atoms with Crippen molar-refractivity contribution in [2.45, 2.75) is 6.10 Å². The Morgan fingerprint density at radius 1 is 1.43 bits per heavy atom. The summed E-state index contributed by atoms with van der Waals surface area (Å²) in [6.45, 7) is 1.15. The van der Waals surface area contributed by atoms with Crippen LogP contribution in [0.3, 0.4) is 0 Å². The Hall–Kier alpha value is -1.06. The monoisotopic (exact) mass is 210 g/mol. The first-order chi connectivity index (χ1) is 6.79. The van der Waals surface area contributed by atoms with E-state index in [1.807, 2.05) is 24.3 Å². The molecule has 0 aliphatic carbocycles. The number of aliphatic imine (C=N–C) groups is 1. The van der Waals surface area contributed by atoms with Gasteiger partial charge in [-0.15, -0.1) is 0 Å². The summed E-state index contributed by atoms with van der Waals surface area (Å²) in [5.41, 5.74) is 6.43. The molecule has 3 nitrogen and oxygen atoms in total. The van der Waals surface area contributed by atoms with Crippen molar-refractivity contribution < 1.29 is 4.74 Å². The van der Waals surface area contributed by atoms with Crippen LogP contribution in [0.1, 0.15) is 5.56 Å². The average Bonchev–Trinajstić information content (AvgIpc) is 2.67. The second kappa shape index (κ2) is 3.98. The number of hydrogen-bond acceptors (Lipinski definition) is 3. The van der Waals surface area contributed by atoms with E-state index in [1.165, 1.54) is 0 Å². The van der Waals surface area contributed by atoms with Gasteiger partial charge in [-0.2, -0.15) is 0 Å². The minimum Gasteiger partial charge on any atom is -0.471 e. The van der Waals surface area contributed by atoms with E-state index in [0.29, 0.717) is 24.0 Å². The molecule has 0 bridgehead atoms. The number of benzene rings is 1. The molecule has 4 heteroatoms. The van der Waals surface area contributed by atoms with Crippen LogP contribution in [0.4, 0.5) is 0 Å². The van der Waals surface area contributed by atoms with E-state index in [1.54, 1.807) is 0 Å². The Morgan fingerprint density at radius 2 is 2.14 bits per heavy atom. The third kappa shape index (κ3) is 1.89. The predicted molar refractivity (Wildman–Crippen MR) is 56.8 cm³/mol. The van der Waals surface area contributed by atoms with Crippen LogP contribution in [0.15, 0.2) is 29.3 Å². The summed E-state index contributed by atoms with van der Waals surface area (Å²) in [7, 11) is 0. The fourth-order valence-electron chi connectivity index (χ4n) is 1.29. The molecular formula is C10H11ClN2O. The third-order valence-electron chi connectivity index (χ3n) is 2.07. The summed E-state index contributed by atoms with van der Waals surface area (Å²) < 4.78 is 5.52. The molecule has 74 valence electrons. The van der Waals surface area contributed by atoms with Crippen LogP contribution in [-0.4, -0.2) is 25.1 Å². The molecule has 1 aromatic carbocycles. The molecule has 0 fully saturated rings. The van der Waals surface area contributed by atoms with Crippen LogP contribution in [0.5, 0.6) is 0 Å². The minimum absolute atomic E-state index is 0.0284. The van der Waals surface area contributed by atoms with Gasteiger partial charge in [0.1, 0.15) is 6.10 Å². The number of hydrogen-bond donors (Lipinski definition) is 1. The molecule has 0 spiro atoms. The summed E-state index contributed by atoms with van der Waals surface area (Å²) in [6.07, 6.45) is 0.0284. The van der Waals surface area contributed by atoms with Gasteiger partial charge in [0.2, 0.25) is 5.90 Å². The number of nitrogens with zero attached hydrogens (tertiary/aromatic N) is 1. The molecule has 1 aliphatic rings. The van der Waals surface area contributed by atoms with Gasteiger partial charge < -0.3 is 10.5 Å². The maximum absolute atomic E-state index is 5.77. The van der Waals surface area contributed by atoms with Gasteiger partial charge in [-0.3, -0.25) is 0 Å². The second-order valence-electron chi connectivity index (χ2n) is 3.13. The smallest absolute Gasteiger partial charge is 0.216 e. The molecule has 1 heterocycles. The summed E-state index contributed by atoms with van der Waals surface area (Å²) in [5.74, 6) is 0.664. The van der Waals surface area contributed by atoms with Gasteiger partial charge in [-0.05, 0) is 24.3 Å². The third-order valence-corrected chi connectivity index (χ3v) is 2.32. The molecular weight excluding hydrogens is 200 g/mol. The van der Waals surface area contributed by atoms with E-state index in [0.717, 1.165) is 5.56 Å². The lowest BCUT2D eigenvalue weighted by atomic mass is 10.2. The minimum atomic E-state index is 0.0284. The molecule has 1 aliphatic heterocycles. The summed E-state index contributed by atoms with van der Waals surface area (Å²) in [4.78, 5) is 4.26. The SMILES string of the molecule is NCC1CN=C(c2ccc(Cl)cc2)O1. The first-order valence-electron chi connectivity index (χ1n) is 4.46. The molecule has 0 saturated heterocycles. The van der Waals surface area contributed by atoms with Gasteiger partial charge >= 0.3 is 0 Å². The largest absolute Gasteiger partial charge is 0.471 e. The maximum atomic E-state index is 5.77. The van der Waals surface area contributed by atoms with Crippen LogP contribution in [0.25, 0.3) is 0 Å². The Labute approximate surface area is 87.5 Å². The first-order valence-corrected chi connectivity index (χ1v) is 4.84. The van der Waals surface area contributed by atoms with Gasteiger partial charge in [-0.1, -0.05) is 11.6 Å². The Kier molecular flexibility index (Phi) is 2.70. The number of halogens is 1. The zero-order chi connectivity index (χ0) is 9.97. The Balaban J connectivity index is 2.13. The number of ether oxygens (including phenoxy) is 1. The van der Waals surface area contributed by atoms with Crippen LogP contribution in [0.2, 0.25) is 5.02 Å². The summed E-state index contributed by atoms with van der Waals surface area (Å²) in [6, 6.07) is 7.41. The van der Waals surface area contributed by atoms with Crippen molar-refractivity contribution in [3.63, 3.8) is 0 Å². The molecule has 1 aromatic rings. The molecule has 1 unspecified atom stereocenters. The fourth-order valence-corrected chi connectivity index (χ4v) is 1.42. The van der Waals surface area contributed by atoms with Gasteiger partial charge in [0, 0.05) is 17.1 Å². The van der Waals surface area contributed by atoms with E-state index in [-0.39, 0.29) is 6.10 Å². The molecule has 0 saturated carbocycles. The molecule has 2 rings (SSSR count). The van der Waals surface area contributed by atoms with E-state index in [4.69, 9.17) is 22.1 Å². The highest BCUT2D eigenvalue weighted by Crippen LogP contribution is 2.14. The zero-order valence-corrected chi connectivity index (χ0v) is 8.37. The topological polar surface area (TPSA) is 47.6 Å². The highest BCUT2D eigenvalue weighted by molar-refractivity contribution is 6.30. The highest BCUT2D eigenvalue weighted by atomic mass is 35.5. The van der Waals surface area contributed by atoms with Crippen molar-refractivity contribution in [1.29, 1.82) is 0 Å². The molecule has 2 N–H and O–H groups in total. The van der Waals surface area contributed by atoms with Crippen LogP contribution >= 0.6 is 11.6 Å². The summed E-state index contributed by atoms with van der Waals surface area (Å²) >= 11 is 5.77. The van der Waals surface area contributed by atoms with Crippen molar-refractivity contribution in [3.05, 3.63) is 34.9 Å². The predicted octanol–water partition coefficient (Wildman–Crippen LogP) is 1.44. The van der Waals surface area contributed by atoms with E-state index >= 15 is 0 Å². The fraction of sp³-hybridized carbons (Fsp3) is 0.300. The van der Waals surface area contributed by atoms with Crippen LogP contribution in [-0.2, 0) is 4.74 Å². The van der Waals surface area contributed by atoms with Crippen molar-refractivity contribution in [2.75, 3.05) is 13.1 Å². The second-order valence-corrected chi connectivity index (χ2v) is 3.56. The molecule has 0 aromatic heterocycles. The first kappa shape index (κ1) is 9.49. The quantitative estimate of drug-likeness (QED) is 0.803. The molecule has 1 atom stereocenters. The van der Waals surface area contributed by atoms with E-state index < -0.39 is 0 Å². The maximum Gasteiger partial charge on any atom is 0.216 e. The Bertz CT molecular complexity index is 348. The number of rotatable bonds is 2. The lowest BCUT2D eigenvalue weighted by Gasteiger charge is -2.07. The summed E-state index contributed by atoms with van der Waals surface area (Å²) in [5, 5.41) is 0.711. The van der Waals surface area contributed by atoms with Gasteiger partial charge in [-0.25, -0.2) is 4.99 Å². The van der Waals surface area contributed by atoms with E-state index in [9.17, 15) is 0 Å². The van der Waals surface area contributed by atoms with Crippen molar-refractivity contribution in [3.8, 4) is 0 Å². The lowest BCUT2D eigenvalue weighted by Crippen LogP contribution is -2.23. The van der Waals surface area contributed by atoms with Crippen molar-refractivity contribution >= 4 is 17.5 Å². The average molecular weight is 211 g/mol. The van der Waals surface area contributed by atoms with Gasteiger partial charge in [0.15, 0.2) is 0 Å². The molecule has 0 radical (unpaired) electrons. The molecule has 0 amide bonds. The van der Waals surface area contributed by atoms with Gasteiger partial charge in [0.05, 0.1) is 6.54 Å². The van der Waals surface area contributed by atoms with Crippen LogP contribution in [0, 0.1) is 0 Å². The van der Waals surface area contributed by atoms with Crippen molar-refractivity contribution in [1.82, 2.24) is 0 Å². The standard InChI is InChI=1S/C10H11ClN2O/c11-8-3-1-7(2-4-8)10-13-6-9(5-12)14-10/h1-4,9H,5-6,12H2.